The van der Waals surface area contributed by atoms with E-state index < -0.39 is 30.0 Å². The van der Waals surface area contributed by atoms with E-state index in [0.29, 0.717) is 11.3 Å². The van der Waals surface area contributed by atoms with Gasteiger partial charge in [-0.05, 0) is 55.5 Å². The molecule has 2 rings (SSSR count). The van der Waals surface area contributed by atoms with Gasteiger partial charge in [-0.3, -0.25) is 14.4 Å². The predicted octanol–water partition coefficient (Wildman–Crippen LogP) is 3.88. The highest BCUT2D eigenvalue weighted by molar-refractivity contribution is 6.08. The Labute approximate surface area is 147 Å². The van der Waals surface area contributed by atoms with Crippen molar-refractivity contribution >= 4 is 29.0 Å². The number of benzene rings is 2. The van der Waals surface area contributed by atoms with Crippen molar-refractivity contribution in [1.82, 2.24) is 0 Å². The molecular formula is C18H15F3N2O3. The van der Waals surface area contributed by atoms with Gasteiger partial charge < -0.3 is 10.6 Å². The van der Waals surface area contributed by atoms with Crippen LogP contribution >= 0.6 is 0 Å². The van der Waals surface area contributed by atoms with E-state index >= 15 is 0 Å². The van der Waals surface area contributed by atoms with E-state index in [2.05, 4.69) is 10.6 Å². The van der Waals surface area contributed by atoms with Gasteiger partial charge in [-0.1, -0.05) is 0 Å². The van der Waals surface area contributed by atoms with Crippen molar-refractivity contribution in [2.45, 2.75) is 19.5 Å². The standard InChI is InChI=1S/C18H15F3N2O3/c1-11(24)12-2-6-14(7-3-12)22-16(25)10-17(26)23-15-8-4-13(5-9-15)18(19,20)21/h2-9H,10H2,1H3,(H,22,25)(H,23,26). The fraction of sp³-hybridized carbons (Fsp3) is 0.167. The molecule has 0 saturated carbocycles. The normalized spacial score (nSPS) is 10.9. The molecule has 0 aliphatic rings. The summed E-state index contributed by atoms with van der Waals surface area (Å²) in [5.74, 6) is -1.37. The molecule has 136 valence electrons. The summed E-state index contributed by atoms with van der Waals surface area (Å²) in [5, 5.41) is 4.84. The zero-order chi connectivity index (χ0) is 19.3. The first-order valence-corrected chi connectivity index (χ1v) is 7.53. The van der Waals surface area contributed by atoms with Crippen molar-refractivity contribution in [2.24, 2.45) is 0 Å². The van der Waals surface area contributed by atoms with Crippen LogP contribution in [0.1, 0.15) is 29.3 Å². The highest BCUT2D eigenvalue weighted by Crippen LogP contribution is 2.29. The van der Waals surface area contributed by atoms with Crippen molar-refractivity contribution in [3.05, 3.63) is 59.7 Å². The fourth-order valence-corrected chi connectivity index (χ4v) is 2.09. The number of anilines is 2. The Kier molecular flexibility index (Phi) is 5.76. The van der Waals surface area contributed by atoms with Crippen LogP contribution in [0, 0.1) is 0 Å². The summed E-state index contributed by atoms with van der Waals surface area (Å²) in [6.07, 6.45) is -4.96. The molecule has 2 aromatic rings. The zero-order valence-electron chi connectivity index (χ0n) is 13.7. The van der Waals surface area contributed by atoms with Gasteiger partial charge in [0, 0.05) is 16.9 Å². The van der Waals surface area contributed by atoms with Crippen molar-refractivity contribution in [3.8, 4) is 0 Å². The summed E-state index contributed by atoms with van der Waals surface area (Å²) < 4.78 is 37.4. The van der Waals surface area contributed by atoms with Gasteiger partial charge in [0.1, 0.15) is 6.42 Å². The Morgan fingerprint density at radius 1 is 0.808 bits per heavy atom. The Morgan fingerprint density at radius 3 is 1.62 bits per heavy atom. The zero-order valence-corrected chi connectivity index (χ0v) is 13.7. The number of alkyl halides is 3. The number of amides is 2. The highest BCUT2D eigenvalue weighted by Gasteiger charge is 2.30. The Bertz CT molecular complexity index is 813. The number of nitrogens with one attached hydrogen (secondary N) is 2. The number of carbonyl (C=O) groups is 3. The van der Waals surface area contributed by atoms with Crippen LogP contribution in [0.5, 0.6) is 0 Å². The van der Waals surface area contributed by atoms with Crippen LogP contribution in [0.2, 0.25) is 0 Å². The summed E-state index contributed by atoms with van der Waals surface area (Å²) in [6, 6.07) is 10.0. The van der Waals surface area contributed by atoms with Crippen LogP contribution in [0.4, 0.5) is 24.5 Å². The molecule has 2 aromatic carbocycles. The third-order valence-corrected chi connectivity index (χ3v) is 3.39. The second-order valence-electron chi connectivity index (χ2n) is 5.48. The van der Waals surface area contributed by atoms with Crippen LogP contribution in [0.15, 0.2) is 48.5 Å². The molecule has 5 nitrogen and oxygen atoms in total. The second-order valence-corrected chi connectivity index (χ2v) is 5.48. The van der Waals surface area contributed by atoms with Gasteiger partial charge in [-0.2, -0.15) is 13.2 Å². The first-order valence-electron chi connectivity index (χ1n) is 7.53. The third kappa shape index (κ3) is 5.44. The van der Waals surface area contributed by atoms with Gasteiger partial charge in [0.25, 0.3) is 0 Å². The van der Waals surface area contributed by atoms with Crippen molar-refractivity contribution < 1.29 is 27.6 Å². The van der Waals surface area contributed by atoms with E-state index in [-0.39, 0.29) is 11.5 Å². The number of Topliss-reactive ketones (excluding diaryl/α,β-unsaturated/α-hetero) is 1. The van der Waals surface area contributed by atoms with E-state index in [0.717, 1.165) is 24.3 Å². The van der Waals surface area contributed by atoms with E-state index in [1.54, 1.807) is 12.1 Å². The molecule has 2 amide bonds. The Balaban J connectivity index is 1.88. The molecule has 26 heavy (non-hydrogen) atoms. The Morgan fingerprint density at radius 2 is 1.23 bits per heavy atom. The van der Waals surface area contributed by atoms with Crippen molar-refractivity contribution in [2.75, 3.05) is 10.6 Å². The number of ketones is 1. The van der Waals surface area contributed by atoms with Gasteiger partial charge in [0.15, 0.2) is 5.78 Å². The number of carbonyl (C=O) groups excluding carboxylic acids is 3. The van der Waals surface area contributed by atoms with E-state index in [9.17, 15) is 27.6 Å². The average Bonchev–Trinajstić information content (AvgIpc) is 2.54. The first kappa shape index (κ1) is 19.2. The lowest BCUT2D eigenvalue weighted by Crippen LogP contribution is -2.21. The summed E-state index contributed by atoms with van der Waals surface area (Å²) in [6.45, 7) is 1.42. The van der Waals surface area contributed by atoms with Crippen LogP contribution in [-0.2, 0) is 15.8 Å². The molecule has 0 unspecified atom stereocenters. The summed E-state index contributed by atoms with van der Waals surface area (Å²) in [5.41, 5.74) is 0.231. The van der Waals surface area contributed by atoms with Crippen molar-refractivity contribution in [1.29, 1.82) is 0 Å². The first-order chi connectivity index (χ1) is 12.1. The lowest BCUT2D eigenvalue weighted by Gasteiger charge is -2.09. The SMILES string of the molecule is CC(=O)c1ccc(NC(=O)CC(=O)Nc2ccc(C(F)(F)F)cc2)cc1. The summed E-state index contributed by atoms with van der Waals surface area (Å²) in [4.78, 5) is 34.8. The Hall–Kier alpha value is -3.16. The third-order valence-electron chi connectivity index (χ3n) is 3.39. The summed E-state index contributed by atoms with van der Waals surface area (Å²) in [7, 11) is 0. The quantitative estimate of drug-likeness (QED) is 0.625. The molecule has 0 aliphatic heterocycles. The number of hydrogen-bond donors (Lipinski definition) is 2. The second kappa shape index (κ2) is 7.81. The van der Waals surface area contributed by atoms with Gasteiger partial charge in [-0.25, -0.2) is 0 Å². The molecule has 0 atom stereocenters. The van der Waals surface area contributed by atoms with E-state index in [1.165, 1.54) is 19.1 Å². The monoisotopic (exact) mass is 364 g/mol. The molecule has 0 aromatic heterocycles. The molecule has 0 fully saturated rings. The van der Waals surface area contributed by atoms with Gasteiger partial charge >= 0.3 is 6.18 Å². The highest BCUT2D eigenvalue weighted by atomic mass is 19.4. The van der Waals surface area contributed by atoms with Crippen LogP contribution in [0.25, 0.3) is 0 Å². The van der Waals surface area contributed by atoms with Gasteiger partial charge in [-0.15, -0.1) is 0 Å². The molecule has 0 aliphatic carbocycles. The number of halogens is 3. The summed E-state index contributed by atoms with van der Waals surface area (Å²) >= 11 is 0. The lowest BCUT2D eigenvalue weighted by molar-refractivity contribution is -0.137. The minimum absolute atomic E-state index is 0.112. The molecule has 0 heterocycles. The molecule has 0 radical (unpaired) electrons. The van der Waals surface area contributed by atoms with E-state index in [4.69, 9.17) is 0 Å². The minimum Gasteiger partial charge on any atom is -0.326 e. The molecule has 0 spiro atoms. The fourth-order valence-electron chi connectivity index (χ4n) is 2.09. The van der Waals surface area contributed by atoms with Crippen LogP contribution in [0.3, 0.4) is 0 Å². The van der Waals surface area contributed by atoms with Crippen LogP contribution < -0.4 is 10.6 Å². The van der Waals surface area contributed by atoms with Gasteiger partial charge in [0.05, 0.1) is 5.56 Å². The smallest absolute Gasteiger partial charge is 0.326 e. The maximum Gasteiger partial charge on any atom is 0.416 e. The minimum atomic E-state index is -4.46. The molecule has 2 N–H and O–H groups in total. The molecule has 0 saturated heterocycles. The number of rotatable bonds is 5. The van der Waals surface area contributed by atoms with E-state index in [1.807, 2.05) is 0 Å². The number of hydrogen-bond acceptors (Lipinski definition) is 3. The topological polar surface area (TPSA) is 75.3 Å². The van der Waals surface area contributed by atoms with Crippen LogP contribution in [-0.4, -0.2) is 17.6 Å². The lowest BCUT2D eigenvalue weighted by atomic mass is 10.1. The average molecular weight is 364 g/mol. The molecule has 0 bridgehead atoms. The maximum absolute atomic E-state index is 12.5. The molecule has 8 heteroatoms. The van der Waals surface area contributed by atoms with Gasteiger partial charge in [0.2, 0.25) is 11.8 Å². The largest absolute Gasteiger partial charge is 0.416 e. The molecular weight excluding hydrogens is 349 g/mol. The maximum atomic E-state index is 12.5. The van der Waals surface area contributed by atoms with Crippen molar-refractivity contribution in [3.63, 3.8) is 0 Å². The predicted molar refractivity (Wildman–Crippen MR) is 89.8 cm³/mol.